The summed E-state index contributed by atoms with van der Waals surface area (Å²) in [5.74, 6) is 1.09. The summed E-state index contributed by atoms with van der Waals surface area (Å²) in [6.45, 7) is 5.38. The van der Waals surface area contributed by atoms with Crippen LogP contribution in [0.3, 0.4) is 0 Å². The Kier molecular flexibility index (Phi) is 6.87. The fourth-order valence-electron chi connectivity index (χ4n) is 3.38. The summed E-state index contributed by atoms with van der Waals surface area (Å²) in [7, 11) is 0. The minimum atomic E-state index is -4.45. The largest absolute Gasteiger partial charge is 0.417 e. The number of guanidine groups is 1. The van der Waals surface area contributed by atoms with Gasteiger partial charge >= 0.3 is 6.18 Å². The number of hydrogen-bond donors (Lipinski definition) is 2. The smallest absolute Gasteiger partial charge is 0.376 e. The van der Waals surface area contributed by atoms with Crippen molar-refractivity contribution < 1.29 is 17.9 Å². The van der Waals surface area contributed by atoms with Gasteiger partial charge in [0.05, 0.1) is 23.2 Å². The van der Waals surface area contributed by atoms with Crippen molar-refractivity contribution in [1.82, 2.24) is 15.6 Å². The lowest BCUT2D eigenvalue weighted by molar-refractivity contribution is -0.137. The lowest BCUT2D eigenvalue weighted by Crippen LogP contribution is -2.45. The average molecular weight is 420 g/mol. The molecule has 2 aliphatic rings. The Morgan fingerprint density at radius 3 is 2.89 bits per heavy atom. The number of nitrogens with one attached hydrogen (secondary N) is 2. The molecule has 0 radical (unpaired) electrons. The van der Waals surface area contributed by atoms with Crippen molar-refractivity contribution in [1.29, 1.82) is 0 Å². The molecule has 28 heavy (non-hydrogen) atoms. The molecule has 2 aliphatic heterocycles. The van der Waals surface area contributed by atoms with E-state index in [2.05, 4.69) is 20.6 Å². The van der Waals surface area contributed by atoms with Crippen molar-refractivity contribution >= 4 is 23.4 Å². The molecule has 1 aromatic heterocycles. The van der Waals surface area contributed by atoms with Crippen molar-refractivity contribution in [2.75, 3.05) is 37.7 Å². The Bertz CT molecular complexity index is 694. The summed E-state index contributed by atoms with van der Waals surface area (Å²) in [5.41, 5.74) is -0.842. The number of nitrogens with zero attached hydrogens (tertiary/aromatic N) is 3. The second-order valence-corrected chi connectivity index (χ2v) is 7.36. The van der Waals surface area contributed by atoms with Gasteiger partial charge in [0.2, 0.25) is 0 Å². The third-order valence-corrected chi connectivity index (χ3v) is 5.08. The fraction of sp³-hybridized carbons (Fsp3) is 0.667. The monoisotopic (exact) mass is 419 g/mol. The molecular weight excluding hydrogens is 395 g/mol. The Labute approximate surface area is 167 Å². The number of pyridine rings is 1. The molecule has 0 spiro atoms. The highest BCUT2D eigenvalue weighted by Crippen LogP contribution is 2.34. The Morgan fingerprint density at radius 2 is 2.25 bits per heavy atom. The SMILES string of the molecule is CCNC(=NCC1CCCO1)NC1CCN(c2ncc(C(F)(F)F)cc2Cl)C1. The maximum atomic E-state index is 12.8. The molecule has 0 saturated carbocycles. The first-order chi connectivity index (χ1) is 13.4. The molecule has 2 N–H and O–H groups in total. The lowest BCUT2D eigenvalue weighted by Gasteiger charge is -2.21. The molecule has 3 rings (SSSR count). The zero-order valence-electron chi connectivity index (χ0n) is 15.7. The number of aromatic nitrogens is 1. The van der Waals surface area contributed by atoms with Gasteiger partial charge in [0.15, 0.2) is 5.96 Å². The van der Waals surface area contributed by atoms with E-state index in [0.29, 0.717) is 25.5 Å². The zero-order chi connectivity index (χ0) is 20.1. The molecule has 10 heteroatoms. The van der Waals surface area contributed by atoms with Crippen LogP contribution in [0.4, 0.5) is 19.0 Å². The first-order valence-corrected chi connectivity index (χ1v) is 9.88. The number of ether oxygens (including phenoxy) is 1. The normalized spacial score (nSPS) is 23.3. The van der Waals surface area contributed by atoms with E-state index in [1.165, 1.54) is 0 Å². The van der Waals surface area contributed by atoms with Crippen LogP contribution in [0.2, 0.25) is 5.02 Å². The molecule has 6 nitrogen and oxygen atoms in total. The minimum Gasteiger partial charge on any atom is -0.376 e. The predicted octanol–water partition coefficient (Wildman–Crippen LogP) is 3.07. The van der Waals surface area contributed by atoms with Crippen LogP contribution >= 0.6 is 11.6 Å². The van der Waals surface area contributed by atoms with Crippen molar-refractivity contribution in [3.63, 3.8) is 0 Å². The molecule has 2 unspecified atom stereocenters. The first-order valence-electron chi connectivity index (χ1n) is 9.51. The summed E-state index contributed by atoms with van der Waals surface area (Å²) in [4.78, 5) is 10.4. The molecule has 3 heterocycles. The van der Waals surface area contributed by atoms with Gasteiger partial charge in [-0.25, -0.2) is 4.98 Å². The van der Waals surface area contributed by atoms with Crippen molar-refractivity contribution in [2.45, 2.75) is 44.5 Å². The number of rotatable bonds is 5. The predicted molar refractivity (Wildman–Crippen MR) is 103 cm³/mol. The summed E-state index contributed by atoms with van der Waals surface area (Å²) < 4.78 is 44.0. The average Bonchev–Trinajstić information content (AvgIpc) is 3.31. The van der Waals surface area contributed by atoms with Crippen LogP contribution in [0.5, 0.6) is 0 Å². The number of hydrogen-bond acceptors (Lipinski definition) is 4. The van der Waals surface area contributed by atoms with E-state index >= 15 is 0 Å². The maximum Gasteiger partial charge on any atom is 0.417 e. The quantitative estimate of drug-likeness (QED) is 0.567. The molecular formula is C18H25ClF3N5O. The zero-order valence-corrected chi connectivity index (χ0v) is 16.5. The molecule has 1 aromatic rings. The van der Waals surface area contributed by atoms with Gasteiger partial charge in [-0.05, 0) is 32.3 Å². The van der Waals surface area contributed by atoms with Crippen LogP contribution in [0, 0.1) is 0 Å². The van der Waals surface area contributed by atoms with Gasteiger partial charge in [-0.2, -0.15) is 13.2 Å². The maximum absolute atomic E-state index is 12.8. The number of halogens is 4. The highest BCUT2D eigenvalue weighted by molar-refractivity contribution is 6.33. The van der Waals surface area contributed by atoms with E-state index in [9.17, 15) is 13.2 Å². The van der Waals surface area contributed by atoms with Crippen molar-refractivity contribution in [3.8, 4) is 0 Å². The minimum absolute atomic E-state index is 0.00873. The van der Waals surface area contributed by atoms with Gasteiger partial charge in [-0.15, -0.1) is 0 Å². The van der Waals surface area contributed by atoms with E-state index in [1.54, 1.807) is 0 Å². The third kappa shape index (κ3) is 5.41. The van der Waals surface area contributed by atoms with E-state index in [1.807, 2.05) is 11.8 Å². The molecule has 2 atom stereocenters. The van der Waals surface area contributed by atoms with Gasteiger partial charge in [0.1, 0.15) is 5.82 Å². The van der Waals surface area contributed by atoms with Crippen molar-refractivity contribution in [3.05, 3.63) is 22.8 Å². The van der Waals surface area contributed by atoms with E-state index in [0.717, 1.165) is 50.6 Å². The number of aliphatic imine (C=N–C) groups is 1. The van der Waals surface area contributed by atoms with E-state index < -0.39 is 11.7 Å². The van der Waals surface area contributed by atoms with Crippen molar-refractivity contribution in [2.24, 2.45) is 4.99 Å². The van der Waals surface area contributed by atoms with Crippen LogP contribution in [0.25, 0.3) is 0 Å². The Balaban J connectivity index is 1.60. The van der Waals surface area contributed by atoms with E-state index in [4.69, 9.17) is 16.3 Å². The standard InChI is InChI=1S/C18H25ClF3N5O/c1-2-23-17(25-10-14-4-3-7-28-14)26-13-5-6-27(11-13)16-15(19)8-12(9-24-16)18(20,21)22/h8-9,13-14H,2-7,10-11H2,1H3,(H2,23,25,26). The van der Waals surface area contributed by atoms with E-state index in [-0.39, 0.29) is 17.2 Å². The fourth-order valence-corrected chi connectivity index (χ4v) is 3.67. The van der Waals surface area contributed by atoms with Gasteiger partial charge < -0.3 is 20.3 Å². The number of anilines is 1. The summed E-state index contributed by atoms with van der Waals surface area (Å²) in [5, 5.41) is 6.62. The van der Waals surface area contributed by atoms with Gasteiger partial charge in [0.25, 0.3) is 0 Å². The summed E-state index contributed by atoms with van der Waals surface area (Å²) in [6.07, 6.45) is -0.547. The first kappa shape index (κ1) is 21.0. The summed E-state index contributed by atoms with van der Waals surface area (Å²) in [6, 6.07) is 1.03. The third-order valence-electron chi connectivity index (χ3n) is 4.80. The highest BCUT2D eigenvalue weighted by Gasteiger charge is 2.33. The topological polar surface area (TPSA) is 61.8 Å². The van der Waals surface area contributed by atoms with Gasteiger partial charge in [-0.1, -0.05) is 11.6 Å². The Morgan fingerprint density at radius 1 is 1.43 bits per heavy atom. The number of alkyl halides is 3. The van der Waals surface area contributed by atoms with Gasteiger partial charge in [-0.3, -0.25) is 4.99 Å². The highest BCUT2D eigenvalue weighted by atomic mass is 35.5. The van der Waals surface area contributed by atoms with Gasteiger partial charge in [0, 0.05) is 38.5 Å². The Hall–Kier alpha value is -1.74. The second-order valence-electron chi connectivity index (χ2n) is 6.96. The van der Waals surface area contributed by atoms with Crippen LogP contribution in [-0.4, -0.2) is 55.9 Å². The molecule has 0 amide bonds. The molecule has 0 bridgehead atoms. The molecule has 0 aliphatic carbocycles. The molecule has 0 aromatic carbocycles. The van der Waals surface area contributed by atoms with Crippen LogP contribution in [-0.2, 0) is 10.9 Å². The summed E-state index contributed by atoms with van der Waals surface area (Å²) >= 11 is 6.07. The molecule has 156 valence electrons. The molecule has 2 saturated heterocycles. The van der Waals surface area contributed by atoms with Crippen LogP contribution in [0.1, 0.15) is 31.7 Å². The van der Waals surface area contributed by atoms with Crippen LogP contribution in [0.15, 0.2) is 17.3 Å². The lowest BCUT2D eigenvalue weighted by atomic mass is 10.2. The molecule has 2 fully saturated rings. The second kappa shape index (κ2) is 9.17. The van der Waals surface area contributed by atoms with Crippen LogP contribution < -0.4 is 15.5 Å².